The molecule has 0 bridgehead atoms. The minimum absolute atomic E-state index is 0.0658. The molecule has 2 aliphatic rings. The molecule has 2 aliphatic heterocycles. The number of fused-ring (bicyclic) bond motifs is 3. The van der Waals surface area contributed by atoms with Crippen LogP contribution in [0.15, 0.2) is 42.5 Å². The molecule has 4 rings (SSSR count). The summed E-state index contributed by atoms with van der Waals surface area (Å²) in [4.78, 5) is 0. The van der Waals surface area contributed by atoms with Gasteiger partial charge in [0.2, 0.25) is 0 Å². The lowest BCUT2D eigenvalue weighted by Crippen LogP contribution is -2.35. The van der Waals surface area contributed by atoms with Crippen LogP contribution in [0.5, 0.6) is 5.75 Å². The first kappa shape index (κ1) is 13.9. The zero-order valence-electron chi connectivity index (χ0n) is 12.1. The molecule has 0 unspecified atom stereocenters. The molecule has 2 aromatic rings. The Morgan fingerprint density at radius 1 is 1.18 bits per heavy atom. The lowest BCUT2D eigenvalue weighted by atomic mass is 9.77. The average molecular weight is 316 g/mol. The van der Waals surface area contributed by atoms with Crippen LogP contribution in [0.2, 0.25) is 5.02 Å². The molecule has 3 atom stereocenters. The SMILES string of the molecule is Oc1cccc([C@@H]2Nc3ccc(Cl)cc3[C@@H]3OCCC[C@H]23)c1. The second kappa shape index (κ2) is 5.49. The summed E-state index contributed by atoms with van der Waals surface area (Å²) in [6.45, 7) is 0.792. The van der Waals surface area contributed by atoms with Crippen molar-refractivity contribution in [2.45, 2.75) is 25.0 Å². The maximum absolute atomic E-state index is 9.79. The van der Waals surface area contributed by atoms with Crippen LogP contribution in [0.3, 0.4) is 0 Å². The number of phenols is 1. The van der Waals surface area contributed by atoms with E-state index in [1.165, 1.54) is 0 Å². The van der Waals surface area contributed by atoms with Crippen molar-refractivity contribution in [2.24, 2.45) is 5.92 Å². The highest BCUT2D eigenvalue weighted by molar-refractivity contribution is 6.30. The quantitative estimate of drug-likeness (QED) is 0.803. The van der Waals surface area contributed by atoms with Crippen molar-refractivity contribution in [3.63, 3.8) is 0 Å². The van der Waals surface area contributed by atoms with Crippen LogP contribution in [0.4, 0.5) is 5.69 Å². The van der Waals surface area contributed by atoms with Crippen molar-refractivity contribution in [1.82, 2.24) is 0 Å². The predicted octanol–water partition coefficient (Wildman–Crippen LogP) is 4.68. The van der Waals surface area contributed by atoms with E-state index in [0.717, 1.165) is 41.3 Å². The van der Waals surface area contributed by atoms with E-state index in [2.05, 4.69) is 11.4 Å². The summed E-state index contributed by atoms with van der Waals surface area (Å²) in [5, 5.41) is 14.2. The Balaban J connectivity index is 1.79. The third-order valence-corrected chi connectivity index (χ3v) is 4.89. The van der Waals surface area contributed by atoms with E-state index in [9.17, 15) is 5.11 Å². The van der Waals surface area contributed by atoms with Gasteiger partial charge in [0.1, 0.15) is 5.75 Å². The lowest BCUT2D eigenvalue weighted by molar-refractivity contribution is -0.0381. The van der Waals surface area contributed by atoms with Crippen LogP contribution in [0.25, 0.3) is 0 Å². The summed E-state index contributed by atoms with van der Waals surface area (Å²) in [6.07, 6.45) is 2.23. The fourth-order valence-corrected chi connectivity index (χ4v) is 3.87. The van der Waals surface area contributed by atoms with Crippen molar-refractivity contribution in [3.8, 4) is 5.75 Å². The molecule has 0 aromatic heterocycles. The Bertz CT molecular complexity index is 703. The van der Waals surface area contributed by atoms with Crippen LogP contribution < -0.4 is 5.32 Å². The van der Waals surface area contributed by atoms with Gasteiger partial charge in [-0.05, 0) is 48.7 Å². The molecular formula is C18H18ClNO2. The summed E-state index contributed by atoms with van der Waals surface area (Å²) in [5.41, 5.74) is 3.32. The minimum Gasteiger partial charge on any atom is -0.508 e. The molecule has 0 aliphatic carbocycles. The van der Waals surface area contributed by atoms with Gasteiger partial charge < -0.3 is 15.2 Å². The first-order valence-electron chi connectivity index (χ1n) is 7.69. The Morgan fingerprint density at radius 2 is 2.09 bits per heavy atom. The standard InChI is InChI=1S/C18H18ClNO2/c19-12-6-7-16-15(10-12)18-14(5-2-8-22-18)17(20-16)11-3-1-4-13(21)9-11/h1,3-4,6-7,9-10,14,17-18,20-21H,2,5,8H2/t14-,17+,18-/m1/s1. The number of rotatable bonds is 1. The first-order valence-corrected chi connectivity index (χ1v) is 8.07. The zero-order chi connectivity index (χ0) is 15.1. The van der Waals surface area contributed by atoms with Crippen LogP contribution >= 0.6 is 11.6 Å². The number of anilines is 1. The predicted molar refractivity (Wildman–Crippen MR) is 87.3 cm³/mol. The fourth-order valence-electron chi connectivity index (χ4n) is 3.69. The maximum atomic E-state index is 9.79. The van der Waals surface area contributed by atoms with Gasteiger partial charge in [-0.2, -0.15) is 0 Å². The smallest absolute Gasteiger partial charge is 0.115 e. The number of halogens is 1. The molecule has 1 saturated heterocycles. The van der Waals surface area contributed by atoms with E-state index in [4.69, 9.17) is 16.3 Å². The van der Waals surface area contributed by atoms with E-state index in [1.807, 2.05) is 30.3 Å². The molecule has 2 aromatic carbocycles. The average Bonchev–Trinajstić information content (AvgIpc) is 2.54. The second-order valence-corrected chi connectivity index (χ2v) is 6.48. The molecule has 0 radical (unpaired) electrons. The molecule has 1 fully saturated rings. The molecule has 22 heavy (non-hydrogen) atoms. The molecule has 4 heteroatoms. The molecule has 2 N–H and O–H groups in total. The molecule has 0 saturated carbocycles. The Morgan fingerprint density at radius 3 is 2.95 bits per heavy atom. The van der Waals surface area contributed by atoms with E-state index >= 15 is 0 Å². The van der Waals surface area contributed by atoms with Crippen molar-refractivity contribution in [1.29, 1.82) is 0 Å². The van der Waals surface area contributed by atoms with Gasteiger partial charge in [-0.3, -0.25) is 0 Å². The highest BCUT2D eigenvalue weighted by Crippen LogP contribution is 2.49. The van der Waals surface area contributed by atoms with Crippen LogP contribution in [-0.4, -0.2) is 11.7 Å². The minimum atomic E-state index is 0.0658. The topological polar surface area (TPSA) is 41.5 Å². The van der Waals surface area contributed by atoms with Crippen molar-refractivity contribution in [3.05, 3.63) is 58.6 Å². The van der Waals surface area contributed by atoms with E-state index in [-0.39, 0.29) is 12.1 Å². The van der Waals surface area contributed by atoms with Crippen molar-refractivity contribution in [2.75, 3.05) is 11.9 Å². The summed E-state index contributed by atoms with van der Waals surface area (Å²) in [6, 6.07) is 13.6. The highest BCUT2D eigenvalue weighted by Gasteiger charge is 2.39. The molecule has 0 spiro atoms. The number of hydrogen-bond donors (Lipinski definition) is 2. The van der Waals surface area contributed by atoms with Crippen LogP contribution in [-0.2, 0) is 4.74 Å². The number of nitrogens with one attached hydrogen (secondary N) is 1. The van der Waals surface area contributed by atoms with Gasteiger partial charge in [0.05, 0.1) is 12.1 Å². The molecular weight excluding hydrogens is 298 g/mol. The van der Waals surface area contributed by atoms with Gasteiger partial charge in [0, 0.05) is 28.8 Å². The van der Waals surface area contributed by atoms with Gasteiger partial charge in [-0.25, -0.2) is 0 Å². The Kier molecular flexibility index (Phi) is 3.47. The number of hydrogen-bond acceptors (Lipinski definition) is 3. The van der Waals surface area contributed by atoms with Crippen LogP contribution in [0, 0.1) is 5.92 Å². The van der Waals surface area contributed by atoms with Gasteiger partial charge in [0.25, 0.3) is 0 Å². The second-order valence-electron chi connectivity index (χ2n) is 6.05. The molecule has 3 nitrogen and oxygen atoms in total. The van der Waals surface area contributed by atoms with Crippen LogP contribution in [0.1, 0.15) is 36.1 Å². The largest absolute Gasteiger partial charge is 0.508 e. The summed E-state index contributed by atoms with van der Waals surface area (Å²) < 4.78 is 6.08. The van der Waals surface area contributed by atoms with E-state index < -0.39 is 0 Å². The molecule has 2 heterocycles. The third kappa shape index (κ3) is 2.34. The summed E-state index contributed by atoms with van der Waals surface area (Å²) >= 11 is 6.17. The van der Waals surface area contributed by atoms with Crippen molar-refractivity contribution >= 4 is 17.3 Å². The molecule has 114 valence electrons. The van der Waals surface area contributed by atoms with Gasteiger partial charge in [-0.1, -0.05) is 23.7 Å². The fraction of sp³-hybridized carbons (Fsp3) is 0.333. The highest BCUT2D eigenvalue weighted by atomic mass is 35.5. The number of ether oxygens (including phenoxy) is 1. The van der Waals surface area contributed by atoms with E-state index in [0.29, 0.717) is 11.7 Å². The Hall–Kier alpha value is -1.71. The Labute approximate surface area is 134 Å². The summed E-state index contributed by atoms with van der Waals surface area (Å²) in [7, 11) is 0. The van der Waals surface area contributed by atoms with Crippen molar-refractivity contribution < 1.29 is 9.84 Å². The zero-order valence-corrected chi connectivity index (χ0v) is 12.9. The lowest BCUT2D eigenvalue weighted by Gasteiger charge is -2.43. The summed E-state index contributed by atoms with van der Waals surface area (Å²) in [5.74, 6) is 0.649. The van der Waals surface area contributed by atoms with E-state index in [1.54, 1.807) is 6.07 Å². The third-order valence-electron chi connectivity index (χ3n) is 4.66. The number of benzene rings is 2. The van der Waals surface area contributed by atoms with Gasteiger partial charge in [0.15, 0.2) is 0 Å². The normalized spacial score (nSPS) is 26.7. The first-order chi connectivity index (χ1) is 10.7. The monoisotopic (exact) mass is 315 g/mol. The maximum Gasteiger partial charge on any atom is 0.115 e. The number of phenolic OH excluding ortho intramolecular Hbond substituents is 1. The van der Waals surface area contributed by atoms with Gasteiger partial charge >= 0.3 is 0 Å². The number of aromatic hydroxyl groups is 1. The van der Waals surface area contributed by atoms with Gasteiger partial charge in [-0.15, -0.1) is 0 Å². The molecule has 0 amide bonds.